The number of allylic oxidation sites excluding steroid dienone is 1. The second-order valence-corrected chi connectivity index (χ2v) is 10.9. The maximum Gasteiger partial charge on any atom is 0.573 e. The highest BCUT2D eigenvalue weighted by atomic mass is 19.4. The Hall–Kier alpha value is -2.90. The van der Waals surface area contributed by atoms with E-state index in [4.69, 9.17) is 4.74 Å². The Labute approximate surface area is 226 Å². The van der Waals surface area contributed by atoms with Gasteiger partial charge in [-0.1, -0.05) is 56.9 Å². The Bertz CT molecular complexity index is 1100. The van der Waals surface area contributed by atoms with E-state index in [9.17, 15) is 26.7 Å². The summed E-state index contributed by atoms with van der Waals surface area (Å²) in [5.41, 5.74) is 1.05. The standard InChI is InChI=1S/C31H35F5O3/c1-2-3-20-6-12-23(13-7-20)24-14-8-21(9-15-24)4-5-22-10-16-25(17-11-22)30(37)38-26-18-27(32)29(28(33)19-26)39-31(34,35)36/h4-5,10-11,16-21,23-24H,2-3,6-9,12-15H2,1H3/b5-4+. The van der Waals surface area contributed by atoms with Gasteiger partial charge >= 0.3 is 12.3 Å². The lowest BCUT2D eigenvalue weighted by atomic mass is 9.68. The first-order chi connectivity index (χ1) is 18.6. The van der Waals surface area contributed by atoms with Crippen LogP contribution in [0, 0.1) is 35.3 Å². The highest BCUT2D eigenvalue weighted by Gasteiger charge is 2.34. The first kappa shape index (κ1) is 29.1. The van der Waals surface area contributed by atoms with Gasteiger partial charge in [-0.2, -0.15) is 0 Å². The second kappa shape index (κ2) is 13.0. The van der Waals surface area contributed by atoms with Gasteiger partial charge in [0.2, 0.25) is 5.75 Å². The van der Waals surface area contributed by atoms with E-state index in [1.54, 1.807) is 12.1 Å². The molecule has 0 N–H and O–H groups in total. The zero-order valence-corrected chi connectivity index (χ0v) is 22.1. The van der Waals surface area contributed by atoms with Gasteiger partial charge in [0.25, 0.3) is 0 Å². The molecular formula is C31H35F5O3. The van der Waals surface area contributed by atoms with Gasteiger partial charge in [-0.3, -0.25) is 0 Å². The van der Waals surface area contributed by atoms with E-state index in [2.05, 4.69) is 17.7 Å². The van der Waals surface area contributed by atoms with E-state index in [1.165, 1.54) is 76.3 Å². The minimum atomic E-state index is -5.26. The Morgan fingerprint density at radius 1 is 0.897 bits per heavy atom. The molecule has 2 aromatic rings. The van der Waals surface area contributed by atoms with Crippen LogP contribution in [0.3, 0.4) is 0 Å². The van der Waals surface area contributed by atoms with E-state index in [0.717, 1.165) is 23.3 Å². The molecule has 2 saturated carbocycles. The molecule has 2 fully saturated rings. The number of esters is 1. The molecule has 39 heavy (non-hydrogen) atoms. The van der Waals surface area contributed by atoms with Crippen LogP contribution >= 0.6 is 0 Å². The van der Waals surface area contributed by atoms with E-state index in [0.29, 0.717) is 18.1 Å². The summed E-state index contributed by atoms with van der Waals surface area (Å²) >= 11 is 0. The van der Waals surface area contributed by atoms with E-state index in [1.807, 2.05) is 6.08 Å². The number of benzene rings is 2. The molecule has 0 saturated heterocycles. The Morgan fingerprint density at radius 2 is 1.46 bits per heavy atom. The van der Waals surface area contributed by atoms with Gasteiger partial charge < -0.3 is 9.47 Å². The number of hydrogen-bond acceptors (Lipinski definition) is 3. The van der Waals surface area contributed by atoms with Gasteiger partial charge in [-0.15, -0.1) is 13.2 Å². The fourth-order valence-corrected chi connectivity index (χ4v) is 6.12. The first-order valence-corrected chi connectivity index (χ1v) is 13.9. The van der Waals surface area contributed by atoms with Crippen LogP contribution in [0.15, 0.2) is 42.5 Å². The van der Waals surface area contributed by atoms with Crippen molar-refractivity contribution >= 4 is 12.0 Å². The number of hydrogen-bond donors (Lipinski definition) is 0. The molecule has 0 aliphatic heterocycles. The summed E-state index contributed by atoms with van der Waals surface area (Å²) in [6, 6.07) is 7.48. The molecule has 8 heteroatoms. The van der Waals surface area contributed by atoms with Crippen LogP contribution in [0.2, 0.25) is 0 Å². The normalized spacial score (nSPS) is 24.1. The Morgan fingerprint density at radius 3 is 2.00 bits per heavy atom. The molecule has 0 radical (unpaired) electrons. The predicted octanol–water partition coefficient (Wildman–Crippen LogP) is 9.51. The van der Waals surface area contributed by atoms with Crippen molar-refractivity contribution in [1.29, 1.82) is 0 Å². The highest BCUT2D eigenvalue weighted by molar-refractivity contribution is 5.91. The third-order valence-corrected chi connectivity index (χ3v) is 8.18. The summed E-state index contributed by atoms with van der Waals surface area (Å²) in [4.78, 5) is 12.4. The molecule has 0 aromatic heterocycles. The molecule has 212 valence electrons. The number of ether oxygens (including phenoxy) is 2. The van der Waals surface area contributed by atoms with Crippen LogP contribution in [0.5, 0.6) is 11.5 Å². The average Bonchev–Trinajstić information content (AvgIpc) is 2.90. The first-order valence-electron chi connectivity index (χ1n) is 13.9. The van der Waals surface area contributed by atoms with Crippen molar-refractivity contribution in [3.05, 3.63) is 65.2 Å². The second-order valence-electron chi connectivity index (χ2n) is 10.9. The fourth-order valence-electron chi connectivity index (χ4n) is 6.12. The fraction of sp³-hybridized carbons (Fsp3) is 0.516. The van der Waals surface area contributed by atoms with Gasteiger partial charge in [0.1, 0.15) is 5.75 Å². The van der Waals surface area contributed by atoms with Crippen molar-refractivity contribution in [3.8, 4) is 11.5 Å². The van der Waals surface area contributed by atoms with E-state index in [-0.39, 0.29) is 5.56 Å². The summed E-state index contributed by atoms with van der Waals surface area (Å²) < 4.78 is 72.9. The summed E-state index contributed by atoms with van der Waals surface area (Å²) in [6.07, 6.45) is 12.2. The van der Waals surface area contributed by atoms with Crippen molar-refractivity contribution in [2.45, 2.75) is 77.5 Å². The monoisotopic (exact) mass is 550 g/mol. The third-order valence-electron chi connectivity index (χ3n) is 8.18. The zero-order valence-electron chi connectivity index (χ0n) is 22.1. The van der Waals surface area contributed by atoms with Crippen molar-refractivity contribution in [1.82, 2.24) is 0 Å². The topological polar surface area (TPSA) is 35.5 Å². The number of carbonyl (C=O) groups is 1. The zero-order chi connectivity index (χ0) is 28.0. The lowest BCUT2D eigenvalue weighted by Gasteiger charge is -2.37. The minimum Gasteiger partial charge on any atom is -0.423 e. The summed E-state index contributed by atoms with van der Waals surface area (Å²) in [5.74, 6) is -3.11. The molecular weight excluding hydrogens is 515 g/mol. The molecule has 4 rings (SSSR count). The van der Waals surface area contributed by atoms with E-state index >= 15 is 0 Å². The molecule has 2 aliphatic carbocycles. The molecule has 2 aromatic carbocycles. The van der Waals surface area contributed by atoms with Crippen LogP contribution in [-0.2, 0) is 0 Å². The molecule has 0 bridgehead atoms. The van der Waals surface area contributed by atoms with Gasteiger partial charge in [-0.25, -0.2) is 13.6 Å². The summed E-state index contributed by atoms with van der Waals surface area (Å²) in [5, 5.41) is 0. The average molecular weight is 551 g/mol. The maximum absolute atomic E-state index is 13.9. The molecule has 0 unspecified atom stereocenters. The molecule has 0 heterocycles. The number of alkyl halides is 3. The van der Waals surface area contributed by atoms with Crippen LogP contribution in [0.1, 0.15) is 87.1 Å². The largest absolute Gasteiger partial charge is 0.573 e. The van der Waals surface area contributed by atoms with Gasteiger partial charge in [0, 0.05) is 12.1 Å². The molecule has 0 amide bonds. The SMILES string of the molecule is CCCC1CCC(C2CCC(/C=C/c3ccc(C(=O)Oc4cc(F)c(OC(F)(F)F)c(F)c4)cc3)CC2)CC1. The molecule has 0 atom stereocenters. The van der Waals surface area contributed by atoms with Crippen LogP contribution in [-0.4, -0.2) is 12.3 Å². The highest BCUT2D eigenvalue weighted by Crippen LogP contribution is 2.42. The Balaban J connectivity index is 1.26. The van der Waals surface area contributed by atoms with Crippen molar-refractivity contribution in [3.63, 3.8) is 0 Å². The van der Waals surface area contributed by atoms with Crippen LogP contribution < -0.4 is 9.47 Å². The van der Waals surface area contributed by atoms with Gasteiger partial charge in [0.15, 0.2) is 11.6 Å². The maximum atomic E-state index is 13.9. The van der Waals surface area contributed by atoms with Crippen molar-refractivity contribution in [2.24, 2.45) is 23.7 Å². The van der Waals surface area contributed by atoms with E-state index < -0.39 is 35.5 Å². The Kier molecular flexibility index (Phi) is 9.67. The summed E-state index contributed by atoms with van der Waals surface area (Å²) in [6.45, 7) is 2.28. The third kappa shape index (κ3) is 8.29. The lowest BCUT2D eigenvalue weighted by Crippen LogP contribution is -2.25. The predicted molar refractivity (Wildman–Crippen MR) is 139 cm³/mol. The minimum absolute atomic E-state index is 0.137. The van der Waals surface area contributed by atoms with Gasteiger partial charge in [-0.05, 0) is 79.9 Å². The van der Waals surface area contributed by atoms with Crippen LogP contribution in [0.25, 0.3) is 6.08 Å². The smallest absolute Gasteiger partial charge is 0.423 e. The van der Waals surface area contributed by atoms with Crippen molar-refractivity contribution in [2.75, 3.05) is 0 Å². The van der Waals surface area contributed by atoms with Gasteiger partial charge in [0.05, 0.1) is 5.56 Å². The lowest BCUT2D eigenvalue weighted by molar-refractivity contribution is -0.276. The summed E-state index contributed by atoms with van der Waals surface area (Å²) in [7, 11) is 0. The molecule has 0 spiro atoms. The molecule has 3 nitrogen and oxygen atoms in total. The van der Waals surface area contributed by atoms with Crippen LogP contribution in [0.4, 0.5) is 22.0 Å². The van der Waals surface area contributed by atoms with Crippen molar-refractivity contribution < 1.29 is 36.2 Å². The number of carbonyl (C=O) groups excluding carboxylic acids is 1. The number of rotatable bonds is 8. The number of halogens is 5. The quantitative estimate of drug-likeness (QED) is 0.187. The molecule has 2 aliphatic rings.